The van der Waals surface area contributed by atoms with Crippen molar-refractivity contribution in [1.29, 1.82) is 0 Å². The Morgan fingerprint density at radius 1 is 1.32 bits per heavy atom. The van der Waals surface area contributed by atoms with Crippen molar-refractivity contribution in [3.63, 3.8) is 0 Å². The van der Waals surface area contributed by atoms with Crippen LogP contribution in [-0.4, -0.2) is 40.4 Å². The van der Waals surface area contributed by atoms with E-state index in [4.69, 9.17) is 0 Å². The van der Waals surface area contributed by atoms with Crippen molar-refractivity contribution >= 4 is 5.82 Å². The molecule has 1 aromatic heterocycles. The summed E-state index contributed by atoms with van der Waals surface area (Å²) in [4.78, 5) is 1.46. The topological polar surface area (TPSA) is 49.2 Å². The van der Waals surface area contributed by atoms with Gasteiger partial charge in [0, 0.05) is 12.0 Å². The van der Waals surface area contributed by atoms with E-state index in [9.17, 15) is 13.9 Å². The molecule has 0 aromatic carbocycles. The quantitative estimate of drug-likeness (QED) is 0.848. The van der Waals surface area contributed by atoms with Gasteiger partial charge in [0.05, 0.1) is 12.2 Å². The van der Waals surface area contributed by atoms with Gasteiger partial charge in [-0.15, -0.1) is 5.10 Å². The average molecular weight is 271 g/mol. The van der Waals surface area contributed by atoms with Crippen LogP contribution in [-0.2, 0) is 5.41 Å². The molecule has 1 fully saturated rings. The molecule has 19 heavy (non-hydrogen) atoms. The van der Waals surface area contributed by atoms with Crippen LogP contribution in [0.3, 0.4) is 0 Å². The first-order valence-corrected chi connectivity index (χ1v) is 6.35. The largest absolute Gasteiger partial charge is 0.387 e. The fraction of sp³-hybridized carbons (Fsp3) is 0.692. The zero-order valence-electron chi connectivity index (χ0n) is 11.4. The predicted octanol–water partition coefficient (Wildman–Crippen LogP) is 1.98. The van der Waals surface area contributed by atoms with E-state index in [-0.39, 0.29) is 11.8 Å². The van der Waals surface area contributed by atoms with Gasteiger partial charge in [0.1, 0.15) is 6.10 Å². The number of aromatic nitrogens is 2. The predicted molar refractivity (Wildman–Crippen MR) is 68.5 cm³/mol. The van der Waals surface area contributed by atoms with Crippen molar-refractivity contribution in [3.8, 4) is 0 Å². The van der Waals surface area contributed by atoms with Crippen LogP contribution in [0.5, 0.6) is 0 Å². The molecule has 0 amide bonds. The number of aliphatic hydroxyl groups is 1. The highest BCUT2D eigenvalue weighted by Gasteiger charge is 2.44. The van der Waals surface area contributed by atoms with Crippen LogP contribution >= 0.6 is 0 Å². The normalized spacial score (nSPS) is 23.5. The molecular weight excluding hydrogens is 252 g/mol. The van der Waals surface area contributed by atoms with Crippen molar-refractivity contribution in [2.75, 3.05) is 18.0 Å². The number of rotatable bonds is 1. The highest BCUT2D eigenvalue weighted by atomic mass is 19.3. The minimum absolute atomic E-state index is 0.0374. The van der Waals surface area contributed by atoms with Gasteiger partial charge < -0.3 is 10.0 Å². The van der Waals surface area contributed by atoms with Crippen LogP contribution in [0.15, 0.2) is 12.1 Å². The third-order valence-corrected chi connectivity index (χ3v) is 3.30. The Hall–Kier alpha value is -1.30. The summed E-state index contributed by atoms with van der Waals surface area (Å²) < 4.78 is 26.9. The summed E-state index contributed by atoms with van der Waals surface area (Å²) in [6.45, 7) is 5.89. The highest BCUT2D eigenvalue weighted by molar-refractivity contribution is 5.39. The van der Waals surface area contributed by atoms with Crippen LogP contribution in [0, 0.1) is 0 Å². The number of anilines is 1. The summed E-state index contributed by atoms with van der Waals surface area (Å²) in [5.74, 6) is -2.66. The molecule has 1 saturated heterocycles. The number of nitrogens with zero attached hydrogens (tertiary/aromatic N) is 3. The number of piperidine rings is 1. The molecule has 1 atom stereocenters. The lowest BCUT2D eigenvalue weighted by Crippen LogP contribution is -2.51. The van der Waals surface area contributed by atoms with Crippen molar-refractivity contribution in [2.24, 2.45) is 0 Å². The molecule has 1 aliphatic heterocycles. The van der Waals surface area contributed by atoms with Crippen molar-refractivity contribution in [1.82, 2.24) is 10.2 Å². The van der Waals surface area contributed by atoms with E-state index in [0.29, 0.717) is 12.4 Å². The van der Waals surface area contributed by atoms with Crippen molar-refractivity contribution < 1.29 is 13.9 Å². The van der Waals surface area contributed by atoms with Crippen LogP contribution in [0.4, 0.5) is 14.6 Å². The van der Waals surface area contributed by atoms with Gasteiger partial charge in [-0.05, 0) is 18.6 Å². The Labute approximate surface area is 111 Å². The number of hydrogen-bond donors (Lipinski definition) is 1. The summed E-state index contributed by atoms with van der Waals surface area (Å²) in [6, 6.07) is 3.52. The Morgan fingerprint density at radius 3 is 2.47 bits per heavy atom. The third kappa shape index (κ3) is 3.00. The Balaban J connectivity index is 2.15. The summed E-state index contributed by atoms with van der Waals surface area (Å²) in [7, 11) is 0. The van der Waals surface area contributed by atoms with E-state index in [2.05, 4.69) is 10.2 Å². The molecule has 106 valence electrons. The smallest absolute Gasteiger partial charge is 0.290 e. The maximum absolute atomic E-state index is 13.5. The SMILES string of the molecule is CC(C)(C)c1ccc(N2CCC(O)C(F)(F)C2)nn1. The first-order chi connectivity index (χ1) is 8.70. The maximum Gasteiger partial charge on any atom is 0.290 e. The zero-order chi connectivity index (χ0) is 14.3. The second-order valence-electron chi connectivity index (χ2n) is 6.01. The van der Waals surface area contributed by atoms with Crippen molar-refractivity contribution in [2.45, 2.75) is 44.6 Å². The van der Waals surface area contributed by atoms with Gasteiger partial charge in [0.25, 0.3) is 5.92 Å². The molecule has 6 heteroatoms. The lowest BCUT2D eigenvalue weighted by Gasteiger charge is -2.36. The molecule has 0 spiro atoms. The highest BCUT2D eigenvalue weighted by Crippen LogP contribution is 2.30. The monoisotopic (exact) mass is 271 g/mol. The lowest BCUT2D eigenvalue weighted by atomic mass is 9.92. The van der Waals surface area contributed by atoms with E-state index >= 15 is 0 Å². The molecule has 0 bridgehead atoms. The summed E-state index contributed by atoms with van der Waals surface area (Å²) in [5.41, 5.74) is 0.702. The Morgan fingerprint density at radius 2 is 2.00 bits per heavy atom. The molecule has 1 unspecified atom stereocenters. The molecule has 1 aliphatic rings. The van der Waals surface area contributed by atoms with Gasteiger partial charge >= 0.3 is 0 Å². The number of hydrogen-bond acceptors (Lipinski definition) is 4. The summed E-state index contributed by atoms with van der Waals surface area (Å²) in [5, 5.41) is 17.4. The second-order valence-corrected chi connectivity index (χ2v) is 6.01. The van der Waals surface area contributed by atoms with Crippen LogP contribution in [0.2, 0.25) is 0 Å². The number of halogens is 2. The second kappa shape index (κ2) is 4.67. The maximum atomic E-state index is 13.5. The van der Waals surface area contributed by atoms with Crippen LogP contribution < -0.4 is 4.90 Å². The van der Waals surface area contributed by atoms with Gasteiger partial charge in [-0.2, -0.15) is 5.10 Å². The molecule has 0 aliphatic carbocycles. The van der Waals surface area contributed by atoms with Crippen LogP contribution in [0.25, 0.3) is 0 Å². The fourth-order valence-corrected chi connectivity index (χ4v) is 2.02. The Kier molecular flexibility index (Phi) is 3.47. The van der Waals surface area contributed by atoms with Gasteiger partial charge in [0.15, 0.2) is 5.82 Å². The molecular formula is C13H19F2N3O. The van der Waals surface area contributed by atoms with E-state index in [1.807, 2.05) is 26.8 Å². The minimum atomic E-state index is -3.09. The zero-order valence-corrected chi connectivity index (χ0v) is 11.4. The molecule has 2 rings (SSSR count). The summed E-state index contributed by atoms with van der Waals surface area (Å²) in [6.07, 6.45) is -1.53. The molecule has 1 N–H and O–H groups in total. The molecule has 0 radical (unpaired) electrons. The summed E-state index contributed by atoms with van der Waals surface area (Å²) >= 11 is 0. The van der Waals surface area contributed by atoms with Crippen LogP contribution in [0.1, 0.15) is 32.9 Å². The minimum Gasteiger partial charge on any atom is -0.387 e. The first-order valence-electron chi connectivity index (χ1n) is 6.35. The van der Waals surface area contributed by atoms with Gasteiger partial charge in [-0.3, -0.25) is 0 Å². The lowest BCUT2D eigenvalue weighted by molar-refractivity contribution is -0.113. The van der Waals surface area contributed by atoms with Gasteiger partial charge in [0.2, 0.25) is 0 Å². The fourth-order valence-electron chi connectivity index (χ4n) is 2.02. The third-order valence-electron chi connectivity index (χ3n) is 3.30. The molecule has 1 aromatic rings. The van der Waals surface area contributed by atoms with E-state index in [1.54, 1.807) is 6.07 Å². The molecule has 4 nitrogen and oxygen atoms in total. The number of aliphatic hydroxyl groups excluding tert-OH is 1. The first kappa shape index (κ1) is 14.1. The van der Waals surface area contributed by atoms with Crippen molar-refractivity contribution in [3.05, 3.63) is 17.8 Å². The molecule has 2 heterocycles. The van der Waals surface area contributed by atoms with Gasteiger partial charge in [-0.25, -0.2) is 8.78 Å². The number of alkyl halides is 2. The average Bonchev–Trinajstić information content (AvgIpc) is 2.32. The van der Waals surface area contributed by atoms with E-state index < -0.39 is 18.6 Å². The van der Waals surface area contributed by atoms with Gasteiger partial charge in [-0.1, -0.05) is 20.8 Å². The molecule has 0 saturated carbocycles. The Bertz CT molecular complexity index is 442. The van der Waals surface area contributed by atoms with E-state index in [1.165, 1.54) is 4.90 Å². The van der Waals surface area contributed by atoms with E-state index in [0.717, 1.165) is 5.69 Å². The standard InChI is InChI=1S/C13H19F2N3O/c1-12(2,3)9-4-5-11(17-16-9)18-7-6-10(19)13(14,15)8-18/h4-5,10,19H,6-8H2,1-3H3.